The maximum atomic E-state index is 11.8. The van der Waals surface area contributed by atoms with Gasteiger partial charge in [0.25, 0.3) is 0 Å². The summed E-state index contributed by atoms with van der Waals surface area (Å²) in [7, 11) is 1.66. The molecule has 0 spiro atoms. The number of amides is 1. The number of ether oxygens (including phenoxy) is 1. The van der Waals surface area contributed by atoms with Crippen LogP contribution >= 0.6 is 0 Å². The summed E-state index contributed by atoms with van der Waals surface area (Å²) < 4.78 is 6.62. The van der Waals surface area contributed by atoms with Crippen LogP contribution in [0.1, 0.15) is 5.56 Å². The van der Waals surface area contributed by atoms with Crippen molar-refractivity contribution >= 4 is 12.3 Å². The Hall–Kier alpha value is -2.42. The lowest BCUT2D eigenvalue weighted by molar-refractivity contribution is -0.402. The average molecular weight is 240 g/mol. The summed E-state index contributed by atoms with van der Waals surface area (Å²) in [6.45, 7) is 0. The van der Waals surface area contributed by atoms with Crippen molar-refractivity contribution in [3.05, 3.63) is 66.2 Å². The van der Waals surface area contributed by atoms with Crippen LogP contribution < -0.4 is 4.74 Å². The third-order valence-corrected chi connectivity index (χ3v) is 2.38. The predicted molar refractivity (Wildman–Crippen MR) is 70.3 cm³/mol. The molecule has 2 rings (SSSR count). The van der Waals surface area contributed by atoms with E-state index in [1.807, 2.05) is 48.5 Å². The standard InChI is InChI=1S/C15H14NO2/c1-16(12-13-8-4-2-5-9-13)15(17)18-14-10-6-3-7-11-14/h2-12H,1H3/q+1/b16-12-. The summed E-state index contributed by atoms with van der Waals surface area (Å²) >= 11 is 0. The van der Waals surface area contributed by atoms with Crippen molar-refractivity contribution in [3.63, 3.8) is 0 Å². The lowest BCUT2D eigenvalue weighted by atomic mass is 10.2. The summed E-state index contributed by atoms with van der Waals surface area (Å²) in [5, 5.41) is 0. The Morgan fingerprint density at radius 1 is 1.00 bits per heavy atom. The van der Waals surface area contributed by atoms with Gasteiger partial charge in [0.1, 0.15) is 12.8 Å². The van der Waals surface area contributed by atoms with Gasteiger partial charge < -0.3 is 4.74 Å². The van der Waals surface area contributed by atoms with Crippen LogP contribution in [0.3, 0.4) is 0 Å². The van der Waals surface area contributed by atoms with Crippen molar-refractivity contribution in [2.75, 3.05) is 7.05 Å². The van der Waals surface area contributed by atoms with Crippen LogP contribution in [-0.4, -0.2) is 23.9 Å². The Morgan fingerprint density at radius 3 is 2.17 bits per heavy atom. The second-order valence-electron chi connectivity index (χ2n) is 3.83. The topological polar surface area (TPSA) is 29.3 Å². The molecule has 0 unspecified atom stereocenters. The van der Waals surface area contributed by atoms with E-state index in [9.17, 15) is 4.79 Å². The lowest BCUT2D eigenvalue weighted by Gasteiger charge is -1.99. The number of hydrogen-bond donors (Lipinski definition) is 0. The van der Waals surface area contributed by atoms with Crippen LogP contribution in [0.5, 0.6) is 5.75 Å². The van der Waals surface area contributed by atoms with Crippen LogP contribution in [0.15, 0.2) is 60.7 Å². The largest absolute Gasteiger partial charge is 0.601 e. The molecule has 3 heteroatoms. The monoisotopic (exact) mass is 240 g/mol. The van der Waals surface area contributed by atoms with Gasteiger partial charge in [-0.3, -0.25) is 0 Å². The minimum atomic E-state index is -0.412. The molecule has 0 aliphatic carbocycles. The van der Waals surface area contributed by atoms with Gasteiger partial charge in [0.2, 0.25) is 0 Å². The molecule has 1 amide bonds. The molecule has 2 aromatic carbocycles. The minimum absolute atomic E-state index is 0.412. The van der Waals surface area contributed by atoms with Crippen molar-refractivity contribution in [2.24, 2.45) is 0 Å². The second-order valence-corrected chi connectivity index (χ2v) is 3.83. The van der Waals surface area contributed by atoms with Gasteiger partial charge in [0, 0.05) is 5.56 Å². The third-order valence-electron chi connectivity index (χ3n) is 2.38. The molecule has 2 aromatic rings. The summed E-state index contributed by atoms with van der Waals surface area (Å²) in [6, 6.07) is 18.6. The van der Waals surface area contributed by atoms with Gasteiger partial charge in [-0.1, -0.05) is 36.4 Å². The smallest absolute Gasteiger partial charge is 0.373 e. The summed E-state index contributed by atoms with van der Waals surface area (Å²) in [4.78, 5) is 11.8. The van der Waals surface area contributed by atoms with E-state index in [0.29, 0.717) is 5.75 Å². The molecular formula is C15H14NO2+. The number of hydrogen-bond acceptors (Lipinski definition) is 2. The maximum absolute atomic E-state index is 11.8. The molecule has 0 N–H and O–H groups in total. The number of benzene rings is 2. The Kier molecular flexibility index (Phi) is 3.86. The number of rotatable bonds is 2. The van der Waals surface area contributed by atoms with Gasteiger partial charge >= 0.3 is 6.09 Å². The normalized spacial score (nSPS) is 11.1. The summed E-state index contributed by atoms with van der Waals surface area (Å²) in [6.07, 6.45) is 1.32. The zero-order chi connectivity index (χ0) is 12.8. The molecule has 0 aromatic heterocycles. The van der Waals surface area contributed by atoms with E-state index in [0.717, 1.165) is 5.56 Å². The van der Waals surface area contributed by atoms with Crippen molar-refractivity contribution < 1.29 is 14.1 Å². The Morgan fingerprint density at radius 2 is 1.56 bits per heavy atom. The molecule has 0 atom stereocenters. The Bertz CT molecular complexity index is 547. The number of carbonyl (C=O) groups excluding carboxylic acids is 1. The van der Waals surface area contributed by atoms with Crippen molar-refractivity contribution in [2.45, 2.75) is 0 Å². The SMILES string of the molecule is C/[N+](=C/c1ccccc1)C(=O)Oc1ccccc1. The van der Waals surface area contributed by atoms with Crippen LogP contribution in [-0.2, 0) is 0 Å². The van der Waals surface area contributed by atoms with E-state index in [1.54, 1.807) is 25.4 Å². The Balaban J connectivity index is 2.08. The van der Waals surface area contributed by atoms with Crippen molar-refractivity contribution in [1.82, 2.24) is 0 Å². The fraction of sp³-hybridized carbons (Fsp3) is 0.0667. The molecule has 90 valence electrons. The first-order valence-corrected chi connectivity index (χ1v) is 5.65. The number of nitrogens with zero attached hydrogens (tertiary/aromatic N) is 1. The molecule has 0 fully saturated rings. The van der Waals surface area contributed by atoms with Gasteiger partial charge in [0.15, 0.2) is 6.21 Å². The van der Waals surface area contributed by atoms with Gasteiger partial charge in [-0.15, -0.1) is 4.58 Å². The zero-order valence-corrected chi connectivity index (χ0v) is 10.1. The highest BCUT2D eigenvalue weighted by molar-refractivity contribution is 5.79. The lowest BCUT2D eigenvalue weighted by Crippen LogP contribution is -2.21. The Labute approximate surface area is 106 Å². The van der Waals surface area contributed by atoms with Gasteiger partial charge in [-0.2, -0.15) is 4.79 Å². The maximum Gasteiger partial charge on any atom is 0.601 e. The van der Waals surface area contributed by atoms with Crippen LogP contribution in [0.2, 0.25) is 0 Å². The molecule has 0 heterocycles. The first kappa shape index (κ1) is 12.0. The van der Waals surface area contributed by atoms with Crippen molar-refractivity contribution in [3.8, 4) is 5.75 Å². The highest BCUT2D eigenvalue weighted by Gasteiger charge is 2.15. The van der Waals surface area contributed by atoms with E-state index < -0.39 is 6.09 Å². The second kappa shape index (κ2) is 5.77. The number of carbonyl (C=O) groups is 1. The van der Waals surface area contributed by atoms with E-state index in [2.05, 4.69) is 0 Å². The average Bonchev–Trinajstić information content (AvgIpc) is 2.41. The summed E-state index contributed by atoms with van der Waals surface area (Å²) in [5.41, 5.74) is 0.949. The molecule has 0 bridgehead atoms. The molecule has 18 heavy (non-hydrogen) atoms. The first-order chi connectivity index (χ1) is 8.75. The van der Waals surface area contributed by atoms with Crippen LogP contribution in [0.25, 0.3) is 0 Å². The summed E-state index contributed by atoms with van der Waals surface area (Å²) in [5.74, 6) is 0.538. The van der Waals surface area contributed by atoms with E-state index >= 15 is 0 Å². The zero-order valence-electron chi connectivity index (χ0n) is 10.1. The molecule has 0 saturated carbocycles. The molecule has 0 aliphatic heterocycles. The fourth-order valence-corrected chi connectivity index (χ4v) is 1.48. The van der Waals surface area contributed by atoms with E-state index in [-0.39, 0.29) is 0 Å². The predicted octanol–water partition coefficient (Wildman–Crippen LogP) is 2.95. The molecule has 0 saturated heterocycles. The number of para-hydroxylation sites is 1. The molecule has 3 nitrogen and oxygen atoms in total. The first-order valence-electron chi connectivity index (χ1n) is 5.65. The van der Waals surface area contributed by atoms with Gasteiger partial charge in [-0.05, 0) is 24.3 Å². The highest BCUT2D eigenvalue weighted by atomic mass is 16.6. The highest BCUT2D eigenvalue weighted by Crippen LogP contribution is 2.08. The fourth-order valence-electron chi connectivity index (χ4n) is 1.48. The van der Waals surface area contributed by atoms with Crippen molar-refractivity contribution in [1.29, 1.82) is 0 Å². The molecule has 0 radical (unpaired) electrons. The molecular weight excluding hydrogens is 226 g/mol. The minimum Gasteiger partial charge on any atom is -0.373 e. The third kappa shape index (κ3) is 3.28. The quantitative estimate of drug-likeness (QED) is 0.596. The van der Waals surface area contributed by atoms with Crippen LogP contribution in [0.4, 0.5) is 4.79 Å². The van der Waals surface area contributed by atoms with E-state index in [1.165, 1.54) is 4.58 Å². The van der Waals surface area contributed by atoms with Crippen LogP contribution in [0, 0.1) is 0 Å². The van der Waals surface area contributed by atoms with E-state index in [4.69, 9.17) is 4.74 Å². The van der Waals surface area contributed by atoms with Gasteiger partial charge in [-0.25, -0.2) is 0 Å². The molecule has 0 aliphatic rings. The van der Waals surface area contributed by atoms with Gasteiger partial charge in [0.05, 0.1) is 0 Å².